The van der Waals surface area contributed by atoms with Crippen LogP contribution in [-0.4, -0.2) is 26.0 Å². The molecule has 0 unspecified atom stereocenters. The second kappa shape index (κ2) is 7.60. The lowest BCUT2D eigenvalue weighted by molar-refractivity contribution is 0.103. The summed E-state index contributed by atoms with van der Waals surface area (Å²) < 4.78 is 5.47. The van der Waals surface area contributed by atoms with E-state index in [0.29, 0.717) is 12.2 Å². The second-order valence-electron chi connectivity index (χ2n) is 4.80. The third-order valence-electron chi connectivity index (χ3n) is 3.31. The molecule has 0 aliphatic heterocycles. The van der Waals surface area contributed by atoms with Gasteiger partial charge in [0.25, 0.3) is 0 Å². The number of ether oxygens (including phenoxy) is 1. The van der Waals surface area contributed by atoms with E-state index >= 15 is 0 Å². The minimum Gasteiger partial charge on any atom is -0.494 e. The zero-order chi connectivity index (χ0) is 15.1. The third-order valence-corrected chi connectivity index (χ3v) is 3.31. The highest BCUT2D eigenvalue weighted by Crippen LogP contribution is 2.19. The van der Waals surface area contributed by atoms with Gasteiger partial charge in [0.15, 0.2) is 5.78 Å². The first-order chi connectivity index (χ1) is 10.3. The maximum atomic E-state index is 12.7. The van der Waals surface area contributed by atoms with Crippen LogP contribution in [0, 0.1) is 0 Å². The Balaban J connectivity index is 2.29. The van der Waals surface area contributed by atoms with Crippen molar-refractivity contribution in [2.45, 2.75) is 13.3 Å². The van der Waals surface area contributed by atoms with Crippen LogP contribution in [0.5, 0.6) is 5.75 Å². The molecule has 0 heterocycles. The number of hydrogen-bond acceptors (Lipinski definition) is 3. The summed E-state index contributed by atoms with van der Waals surface area (Å²) in [4.78, 5) is 12.7. The van der Waals surface area contributed by atoms with Gasteiger partial charge < -0.3 is 10.1 Å². The number of ketones is 1. The summed E-state index contributed by atoms with van der Waals surface area (Å²) in [6, 6.07) is 15.1. The van der Waals surface area contributed by atoms with Crippen LogP contribution >= 0.6 is 0 Å². The summed E-state index contributed by atoms with van der Waals surface area (Å²) in [5, 5.41) is 3.12. The fraction of sp³-hybridized carbons (Fsp3) is 0.278. The molecule has 21 heavy (non-hydrogen) atoms. The van der Waals surface area contributed by atoms with Gasteiger partial charge in [-0.1, -0.05) is 36.4 Å². The number of nitrogens with one attached hydrogen (secondary N) is 1. The molecule has 2 aromatic rings. The molecule has 0 bridgehead atoms. The molecule has 0 aliphatic rings. The average Bonchev–Trinajstić information content (AvgIpc) is 2.53. The van der Waals surface area contributed by atoms with Crippen molar-refractivity contribution in [1.82, 2.24) is 5.32 Å². The number of benzene rings is 2. The topological polar surface area (TPSA) is 38.3 Å². The van der Waals surface area contributed by atoms with Gasteiger partial charge in [0.1, 0.15) is 5.75 Å². The Kier molecular flexibility index (Phi) is 5.52. The number of likely N-dealkylation sites (N-methyl/N-ethyl adjacent to an activating group) is 1. The smallest absolute Gasteiger partial charge is 0.193 e. The van der Waals surface area contributed by atoms with Crippen molar-refractivity contribution in [2.75, 3.05) is 20.2 Å². The Labute approximate surface area is 126 Å². The van der Waals surface area contributed by atoms with Gasteiger partial charge in [-0.3, -0.25) is 4.79 Å². The van der Waals surface area contributed by atoms with Crippen LogP contribution in [0.2, 0.25) is 0 Å². The molecule has 0 radical (unpaired) electrons. The number of carbonyl (C=O) groups is 1. The monoisotopic (exact) mass is 283 g/mol. The van der Waals surface area contributed by atoms with Gasteiger partial charge in [-0.2, -0.15) is 0 Å². The number of rotatable bonds is 7. The lowest BCUT2D eigenvalue weighted by Crippen LogP contribution is -2.13. The Hall–Kier alpha value is -2.13. The van der Waals surface area contributed by atoms with Crippen LogP contribution < -0.4 is 10.1 Å². The molecular formula is C18H21NO2. The van der Waals surface area contributed by atoms with Crippen LogP contribution in [0.15, 0.2) is 48.5 Å². The highest BCUT2D eigenvalue weighted by atomic mass is 16.5. The van der Waals surface area contributed by atoms with Crippen molar-refractivity contribution in [3.8, 4) is 5.75 Å². The van der Waals surface area contributed by atoms with Crippen molar-refractivity contribution in [3.63, 3.8) is 0 Å². The third kappa shape index (κ3) is 3.92. The van der Waals surface area contributed by atoms with E-state index in [1.807, 2.05) is 56.4 Å². The van der Waals surface area contributed by atoms with E-state index < -0.39 is 0 Å². The summed E-state index contributed by atoms with van der Waals surface area (Å²) in [5.74, 6) is 0.777. The first-order valence-corrected chi connectivity index (χ1v) is 7.26. The molecule has 1 N–H and O–H groups in total. The van der Waals surface area contributed by atoms with E-state index in [-0.39, 0.29) is 5.78 Å². The molecule has 3 heteroatoms. The van der Waals surface area contributed by atoms with Crippen LogP contribution in [0.1, 0.15) is 28.4 Å². The summed E-state index contributed by atoms with van der Waals surface area (Å²) in [5.41, 5.74) is 2.50. The fourth-order valence-corrected chi connectivity index (χ4v) is 2.27. The Morgan fingerprint density at radius 1 is 1.14 bits per heavy atom. The zero-order valence-electron chi connectivity index (χ0n) is 12.6. The summed E-state index contributed by atoms with van der Waals surface area (Å²) in [6.07, 6.45) is 0.837. The molecule has 0 spiro atoms. The summed E-state index contributed by atoms with van der Waals surface area (Å²) >= 11 is 0. The Bertz CT molecular complexity index is 608. The summed E-state index contributed by atoms with van der Waals surface area (Å²) in [7, 11) is 1.91. The van der Waals surface area contributed by atoms with Crippen molar-refractivity contribution in [2.24, 2.45) is 0 Å². The molecular weight excluding hydrogens is 262 g/mol. The van der Waals surface area contributed by atoms with Gasteiger partial charge in [-0.05, 0) is 44.6 Å². The molecule has 2 aromatic carbocycles. The number of hydrogen-bond donors (Lipinski definition) is 1. The predicted molar refractivity (Wildman–Crippen MR) is 85.1 cm³/mol. The van der Waals surface area contributed by atoms with Crippen LogP contribution in [0.4, 0.5) is 0 Å². The van der Waals surface area contributed by atoms with E-state index in [1.54, 1.807) is 6.07 Å². The largest absolute Gasteiger partial charge is 0.494 e. The Morgan fingerprint density at radius 2 is 1.95 bits per heavy atom. The van der Waals surface area contributed by atoms with Gasteiger partial charge >= 0.3 is 0 Å². The molecule has 0 aromatic heterocycles. The molecule has 0 amide bonds. The standard InChI is InChI=1S/C18H21NO2/c1-3-21-16-9-6-8-15(13-16)18(20)17-10-5-4-7-14(17)11-12-19-2/h4-10,13,19H,3,11-12H2,1-2H3. The van der Waals surface area contributed by atoms with Crippen molar-refractivity contribution >= 4 is 5.78 Å². The van der Waals surface area contributed by atoms with Gasteiger partial charge in [0, 0.05) is 11.1 Å². The fourth-order valence-electron chi connectivity index (χ4n) is 2.27. The SMILES string of the molecule is CCOc1cccc(C(=O)c2ccccc2CCNC)c1. The summed E-state index contributed by atoms with van der Waals surface area (Å²) in [6.45, 7) is 3.38. The Morgan fingerprint density at radius 3 is 2.71 bits per heavy atom. The van der Waals surface area contributed by atoms with E-state index in [4.69, 9.17) is 4.74 Å². The highest BCUT2D eigenvalue weighted by molar-refractivity contribution is 6.10. The molecule has 0 saturated carbocycles. The maximum Gasteiger partial charge on any atom is 0.193 e. The van der Waals surface area contributed by atoms with E-state index in [1.165, 1.54) is 0 Å². The van der Waals surface area contributed by atoms with Gasteiger partial charge in [0.05, 0.1) is 6.61 Å². The van der Waals surface area contributed by atoms with Crippen LogP contribution in [0.25, 0.3) is 0 Å². The molecule has 3 nitrogen and oxygen atoms in total. The molecule has 0 aliphatic carbocycles. The molecule has 0 saturated heterocycles. The zero-order valence-corrected chi connectivity index (χ0v) is 12.6. The lowest BCUT2D eigenvalue weighted by Gasteiger charge is -2.10. The minimum absolute atomic E-state index is 0.0447. The van der Waals surface area contributed by atoms with Crippen molar-refractivity contribution in [3.05, 3.63) is 65.2 Å². The van der Waals surface area contributed by atoms with Crippen LogP contribution in [0.3, 0.4) is 0 Å². The van der Waals surface area contributed by atoms with Gasteiger partial charge in [0.2, 0.25) is 0 Å². The molecule has 110 valence electrons. The normalized spacial score (nSPS) is 10.4. The minimum atomic E-state index is 0.0447. The first-order valence-electron chi connectivity index (χ1n) is 7.26. The second-order valence-corrected chi connectivity index (χ2v) is 4.80. The lowest BCUT2D eigenvalue weighted by atomic mass is 9.96. The molecule has 2 rings (SSSR count). The molecule has 0 fully saturated rings. The quantitative estimate of drug-likeness (QED) is 0.794. The predicted octanol–water partition coefficient (Wildman–Crippen LogP) is 3.08. The first kappa shape index (κ1) is 15.3. The maximum absolute atomic E-state index is 12.7. The van der Waals surface area contributed by atoms with E-state index in [2.05, 4.69) is 5.32 Å². The van der Waals surface area contributed by atoms with Gasteiger partial charge in [-0.25, -0.2) is 0 Å². The van der Waals surface area contributed by atoms with Crippen molar-refractivity contribution in [1.29, 1.82) is 0 Å². The van der Waals surface area contributed by atoms with Crippen molar-refractivity contribution < 1.29 is 9.53 Å². The number of carbonyl (C=O) groups excluding carboxylic acids is 1. The van der Waals surface area contributed by atoms with E-state index in [0.717, 1.165) is 29.8 Å². The van der Waals surface area contributed by atoms with Gasteiger partial charge in [-0.15, -0.1) is 0 Å². The molecule has 0 atom stereocenters. The van der Waals surface area contributed by atoms with E-state index in [9.17, 15) is 4.79 Å². The van der Waals surface area contributed by atoms with Crippen LogP contribution in [-0.2, 0) is 6.42 Å². The highest BCUT2D eigenvalue weighted by Gasteiger charge is 2.13. The average molecular weight is 283 g/mol.